The highest BCUT2D eigenvalue weighted by Crippen LogP contribution is 2.21. The van der Waals surface area contributed by atoms with Crippen LogP contribution in [0.1, 0.15) is 34.6 Å². The first kappa shape index (κ1) is 38.1. The second kappa shape index (κ2) is 26.2. The molecular formula is C31H51NO12. The van der Waals surface area contributed by atoms with Gasteiger partial charge in [0.05, 0.1) is 149 Å². The first-order valence-electron chi connectivity index (χ1n) is 15.4. The van der Waals surface area contributed by atoms with Gasteiger partial charge >= 0.3 is 0 Å². The molecule has 1 aromatic rings. The number of ether oxygens (including phenoxy) is 10. The highest BCUT2D eigenvalue weighted by Gasteiger charge is 2.34. The molecule has 0 spiro atoms. The lowest BCUT2D eigenvalue weighted by molar-refractivity contribution is -0.0279. The van der Waals surface area contributed by atoms with Gasteiger partial charge in [0, 0.05) is 0 Å². The van der Waals surface area contributed by atoms with E-state index in [0.717, 1.165) is 0 Å². The molecule has 252 valence electrons. The van der Waals surface area contributed by atoms with Crippen LogP contribution in [-0.4, -0.2) is 155 Å². The van der Waals surface area contributed by atoms with Gasteiger partial charge in [0.1, 0.15) is 0 Å². The monoisotopic (exact) mass is 629 g/mol. The lowest BCUT2D eigenvalue weighted by atomic mass is 10.1. The Kier molecular flexibility index (Phi) is 22.7. The molecule has 0 N–H and O–H groups in total. The third kappa shape index (κ3) is 18.1. The Balaban J connectivity index is 1.20. The summed E-state index contributed by atoms with van der Waals surface area (Å²) in [6.07, 6.45) is 0.225. The second-order valence-corrected chi connectivity index (χ2v) is 9.74. The molecule has 2 rings (SSSR count). The average molecular weight is 630 g/mol. The Morgan fingerprint density at radius 1 is 0.455 bits per heavy atom. The molecule has 0 aromatic heterocycles. The van der Waals surface area contributed by atoms with E-state index in [1.165, 1.54) is 4.90 Å². The number of fused-ring (bicyclic) bond motifs is 1. The molecule has 13 nitrogen and oxygen atoms in total. The van der Waals surface area contributed by atoms with Gasteiger partial charge < -0.3 is 47.4 Å². The van der Waals surface area contributed by atoms with Crippen LogP contribution >= 0.6 is 0 Å². The smallest absolute Gasteiger partial charge is 0.261 e. The van der Waals surface area contributed by atoms with E-state index in [9.17, 15) is 9.59 Å². The third-order valence-electron chi connectivity index (χ3n) is 5.99. The largest absolute Gasteiger partial charge is 0.377 e. The topological polar surface area (TPSA) is 130 Å². The number of carbonyl (C=O) groups excluding carboxylic acids is 2. The summed E-state index contributed by atoms with van der Waals surface area (Å²) in [6.45, 7) is 13.4. The minimum atomic E-state index is -0.276. The summed E-state index contributed by atoms with van der Waals surface area (Å²) < 4.78 is 54.5. The van der Waals surface area contributed by atoms with Crippen LogP contribution in [0.5, 0.6) is 0 Å². The molecule has 1 aliphatic rings. The zero-order chi connectivity index (χ0) is 31.5. The van der Waals surface area contributed by atoms with Gasteiger partial charge in [-0.2, -0.15) is 0 Å². The van der Waals surface area contributed by atoms with Crippen LogP contribution in [0.25, 0.3) is 0 Å². The molecule has 44 heavy (non-hydrogen) atoms. The van der Waals surface area contributed by atoms with Gasteiger partial charge in [0.15, 0.2) is 0 Å². The first-order valence-corrected chi connectivity index (χ1v) is 15.4. The van der Waals surface area contributed by atoms with E-state index >= 15 is 0 Å². The van der Waals surface area contributed by atoms with E-state index in [1.54, 1.807) is 24.3 Å². The van der Waals surface area contributed by atoms with E-state index in [-0.39, 0.29) is 31.1 Å². The maximum atomic E-state index is 12.3. The van der Waals surface area contributed by atoms with Gasteiger partial charge in [-0.1, -0.05) is 12.1 Å². The number of imide groups is 1. The van der Waals surface area contributed by atoms with Crippen molar-refractivity contribution in [1.29, 1.82) is 0 Å². The Morgan fingerprint density at radius 2 is 0.727 bits per heavy atom. The van der Waals surface area contributed by atoms with Crippen molar-refractivity contribution in [2.75, 3.05) is 132 Å². The molecule has 0 bridgehead atoms. The van der Waals surface area contributed by atoms with Crippen LogP contribution in [0.4, 0.5) is 0 Å². The summed E-state index contributed by atoms with van der Waals surface area (Å²) in [5, 5.41) is 0. The fraction of sp³-hybridized carbons (Fsp3) is 0.742. The van der Waals surface area contributed by atoms with Gasteiger partial charge in [-0.05, 0) is 26.0 Å². The molecule has 2 amide bonds. The molecule has 0 atom stereocenters. The summed E-state index contributed by atoms with van der Waals surface area (Å²) in [6, 6.07) is 6.82. The second-order valence-electron chi connectivity index (χ2n) is 9.74. The van der Waals surface area contributed by atoms with Crippen LogP contribution in [0.3, 0.4) is 0 Å². The molecule has 1 heterocycles. The summed E-state index contributed by atoms with van der Waals surface area (Å²) in [5.74, 6) is -0.552. The molecule has 0 saturated heterocycles. The summed E-state index contributed by atoms with van der Waals surface area (Å²) in [7, 11) is 0. The number of hydrogen-bond acceptors (Lipinski definition) is 12. The van der Waals surface area contributed by atoms with Crippen molar-refractivity contribution in [3.05, 3.63) is 35.4 Å². The molecule has 1 aromatic carbocycles. The van der Waals surface area contributed by atoms with Gasteiger partial charge in [-0.3, -0.25) is 14.5 Å². The molecule has 0 aliphatic carbocycles. The van der Waals surface area contributed by atoms with Gasteiger partial charge in [-0.25, -0.2) is 0 Å². The predicted molar refractivity (Wildman–Crippen MR) is 160 cm³/mol. The minimum absolute atomic E-state index is 0.217. The van der Waals surface area contributed by atoms with Gasteiger partial charge in [0.2, 0.25) is 0 Å². The fourth-order valence-electron chi connectivity index (χ4n) is 3.80. The van der Waals surface area contributed by atoms with Crippen LogP contribution in [0, 0.1) is 0 Å². The van der Waals surface area contributed by atoms with Crippen LogP contribution in [0.15, 0.2) is 24.3 Å². The molecule has 0 radical (unpaired) electrons. The SMILES string of the molecule is CC(C)OCCOCCOCCOCCOCCOCCOCCOCCOCCOCCN1C(=O)c2ccccc2C1=O. The molecule has 0 fully saturated rings. The standard InChI is InChI=1S/C31H51NO12/c1-27(2)44-26-25-43-24-23-42-22-21-41-20-19-40-18-17-39-16-15-38-14-13-37-12-11-36-10-9-35-8-7-32-30(33)28-5-3-4-6-29(28)31(32)34/h3-6,27H,7-26H2,1-2H3. The van der Waals surface area contributed by atoms with Crippen molar-refractivity contribution in [3.8, 4) is 0 Å². The lowest BCUT2D eigenvalue weighted by Gasteiger charge is -2.13. The van der Waals surface area contributed by atoms with E-state index in [1.807, 2.05) is 13.8 Å². The summed E-state index contributed by atoms with van der Waals surface area (Å²) >= 11 is 0. The maximum absolute atomic E-state index is 12.3. The number of rotatable bonds is 31. The molecular weight excluding hydrogens is 578 g/mol. The number of amides is 2. The lowest BCUT2D eigenvalue weighted by Crippen LogP contribution is -2.33. The van der Waals surface area contributed by atoms with E-state index < -0.39 is 0 Å². The third-order valence-corrected chi connectivity index (χ3v) is 5.99. The van der Waals surface area contributed by atoms with Gasteiger partial charge in [0.25, 0.3) is 11.8 Å². The highest BCUT2D eigenvalue weighted by molar-refractivity contribution is 6.21. The van der Waals surface area contributed by atoms with Crippen molar-refractivity contribution in [2.45, 2.75) is 20.0 Å². The Bertz CT molecular complexity index is 837. The van der Waals surface area contributed by atoms with Crippen LogP contribution in [-0.2, 0) is 47.4 Å². The van der Waals surface area contributed by atoms with E-state index in [2.05, 4.69) is 0 Å². The molecule has 13 heteroatoms. The predicted octanol–water partition coefficient (Wildman–Crippen LogP) is 1.86. The highest BCUT2D eigenvalue weighted by atomic mass is 16.6. The van der Waals surface area contributed by atoms with E-state index in [0.29, 0.717) is 130 Å². The van der Waals surface area contributed by atoms with Crippen molar-refractivity contribution < 1.29 is 57.0 Å². The minimum Gasteiger partial charge on any atom is -0.377 e. The Labute approximate surface area is 261 Å². The van der Waals surface area contributed by atoms with Crippen molar-refractivity contribution >= 4 is 11.8 Å². The van der Waals surface area contributed by atoms with E-state index in [4.69, 9.17) is 47.4 Å². The Hall–Kier alpha value is -2.04. The van der Waals surface area contributed by atoms with Crippen LogP contribution < -0.4 is 0 Å². The summed E-state index contributed by atoms with van der Waals surface area (Å²) in [4.78, 5) is 25.8. The average Bonchev–Trinajstić information content (AvgIpc) is 3.26. The summed E-state index contributed by atoms with van der Waals surface area (Å²) in [5.41, 5.74) is 0.887. The van der Waals surface area contributed by atoms with Crippen molar-refractivity contribution in [1.82, 2.24) is 4.90 Å². The van der Waals surface area contributed by atoms with Crippen LogP contribution in [0.2, 0.25) is 0 Å². The number of benzene rings is 1. The number of carbonyl (C=O) groups is 2. The Morgan fingerprint density at radius 3 is 1.02 bits per heavy atom. The molecule has 0 unspecified atom stereocenters. The maximum Gasteiger partial charge on any atom is 0.261 e. The molecule has 1 aliphatic heterocycles. The molecule has 0 saturated carbocycles. The zero-order valence-electron chi connectivity index (χ0n) is 26.4. The van der Waals surface area contributed by atoms with Gasteiger partial charge in [-0.15, -0.1) is 0 Å². The number of nitrogens with zero attached hydrogens (tertiary/aromatic N) is 1. The van der Waals surface area contributed by atoms with Crippen molar-refractivity contribution in [2.24, 2.45) is 0 Å². The number of hydrogen-bond donors (Lipinski definition) is 0. The zero-order valence-corrected chi connectivity index (χ0v) is 26.4. The fourth-order valence-corrected chi connectivity index (χ4v) is 3.80. The quantitative estimate of drug-likeness (QED) is 0.0878. The normalized spacial score (nSPS) is 13.0. The first-order chi connectivity index (χ1) is 21.6. The van der Waals surface area contributed by atoms with Crippen molar-refractivity contribution in [3.63, 3.8) is 0 Å².